The molecule has 4 heteroatoms. The predicted octanol–water partition coefficient (Wildman–Crippen LogP) is 1.91. The zero-order valence-corrected chi connectivity index (χ0v) is 9.68. The summed E-state index contributed by atoms with van der Waals surface area (Å²) < 4.78 is 0. The summed E-state index contributed by atoms with van der Waals surface area (Å²) in [7, 11) is 3.88. The molecule has 0 N–H and O–H groups in total. The molecule has 0 radical (unpaired) electrons. The van der Waals surface area contributed by atoms with Crippen molar-refractivity contribution in [2.75, 3.05) is 19.0 Å². The van der Waals surface area contributed by atoms with Crippen LogP contribution in [0.4, 0.5) is 5.82 Å². The van der Waals surface area contributed by atoms with E-state index < -0.39 is 0 Å². The van der Waals surface area contributed by atoms with Gasteiger partial charge in [0.2, 0.25) is 0 Å². The molecule has 0 aliphatic rings. The van der Waals surface area contributed by atoms with Crippen molar-refractivity contribution in [3.8, 4) is 11.4 Å². The van der Waals surface area contributed by atoms with Crippen molar-refractivity contribution in [1.29, 1.82) is 0 Å². The third-order valence-corrected chi connectivity index (χ3v) is 2.26. The van der Waals surface area contributed by atoms with E-state index in [9.17, 15) is 0 Å². The van der Waals surface area contributed by atoms with Crippen LogP contribution in [0, 0.1) is 6.92 Å². The van der Waals surface area contributed by atoms with E-state index in [1.165, 1.54) is 0 Å². The van der Waals surface area contributed by atoms with Gasteiger partial charge in [0.05, 0.1) is 5.69 Å². The highest BCUT2D eigenvalue weighted by atomic mass is 15.2. The number of anilines is 1. The first kappa shape index (κ1) is 10.5. The van der Waals surface area contributed by atoms with Gasteiger partial charge in [0.15, 0.2) is 5.82 Å². The molecule has 0 aliphatic heterocycles. The summed E-state index contributed by atoms with van der Waals surface area (Å²) in [5.41, 5.74) is 2.64. The predicted molar refractivity (Wildman–Crippen MR) is 64.3 cm³/mol. The third kappa shape index (κ3) is 2.16. The summed E-state index contributed by atoms with van der Waals surface area (Å²) in [4.78, 5) is 6.32. The van der Waals surface area contributed by atoms with Crippen LogP contribution in [0.2, 0.25) is 0 Å². The Morgan fingerprint density at radius 1 is 0.938 bits per heavy atom. The molecule has 0 bridgehead atoms. The van der Waals surface area contributed by atoms with Crippen molar-refractivity contribution in [2.24, 2.45) is 0 Å². The number of nitrogens with zero attached hydrogens (tertiary/aromatic N) is 4. The summed E-state index contributed by atoms with van der Waals surface area (Å²) in [6.45, 7) is 1.96. The molecule has 0 atom stereocenters. The largest absolute Gasteiger partial charge is 0.361 e. The third-order valence-electron chi connectivity index (χ3n) is 2.26. The molecule has 2 aromatic rings. The lowest BCUT2D eigenvalue weighted by atomic mass is 10.2. The lowest BCUT2D eigenvalue weighted by Gasteiger charge is -2.09. The van der Waals surface area contributed by atoms with E-state index in [0.29, 0.717) is 0 Å². The molecule has 2 rings (SSSR count). The van der Waals surface area contributed by atoms with Gasteiger partial charge in [-0.15, -0.1) is 10.2 Å². The highest BCUT2D eigenvalue weighted by Crippen LogP contribution is 2.15. The van der Waals surface area contributed by atoms with E-state index in [1.54, 1.807) is 0 Å². The van der Waals surface area contributed by atoms with Crippen molar-refractivity contribution in [3.63, 3.8) is 0 Å². The van der Waals surface area contributed by atoms with Gasteiger partial charge in [0, 0.05) is 19.8 Å². The fourth-order valence-corrected chi connectivity index (χ4v) is 1.39. The van der Waals surface area contributed by atoms with Crippen LogP contribution in [0.5, 0.6) is 0 Å². The average molecular weight is 214 g/mol. The highest BCUT2D eigenvalue weighted by Gasteiger charge is 2.03. The number of rotatable bonds is 2. The first-order valence-electron chi connectivity index (χ1n) is 5.12. The maximum Gasteiger partial charge on any atom is 0.150 e. The first-order valence-corrected chi connectivity index (χ1v) is 5.12. The van der Waals surface area contributed by atoms with Gasteiger partial charge in [0.25, 0.3) is 0 Å². The van der Waals surface area contributed by atoms with Crippen LogP contribution in [0.25, 0.3) is 11.4 Å². The molecule has 0 aliphatic carbocycles. The number of aryl methyl sites for hydroxylation is 1. The standard InChI is InChI=1S/C12H14N4/c1-9-5-4-6-10(13-9)11-7-8-12(15-14-11)16(2)3/h4-8H,1-3H3. The number of hydrogen-bond donors (Lipinski definition) is 0. The Hall–Kier alpha value is -1.97. The Kier molecular flexibility index (Phi) is 2.81. The van der Waals surface area contributed by atoms with Gasteiger partial charge in [-0.25, -0.2) is 0 Å². The van der Waals surface area contributed by atoms with E-state index >= 15 is 0 Å². The van der Waals surface area contributed by atoms with E-state index in [1.807, 2.05) is 56.3 Å². The maximum absolute atomic E-state index is 4.40. The molecule has 0 saturated heterocycles. The molecule has 0 amide bonds. The number of pyridine rings is 1. The van der Waals surface area contributed by atoms with Crippen LogP contribution in [-0.4, -0.2) is 29.3 Å². The second-order valence-electron chi connectivity index (χ2n) is 3.84. The maximum atomic E-state index is 4.40. The lowest BCUT2D eigenvalue weighted by molar-refractivity contribution is 0.963. The van der Waals surface area contributed by atoms with Crippen LogP contribution in [0.15, 0.2) is 30.3 Å². The number of hydrogen-bond acceptors (Lipinski definition) is 4. The molecule has 0 unspecified atom stereocenters. The zero-order valence-electron chi connectivity index (χ0n) is 9.68. The van der Waals surface area contributed by atoms with Crippen LogP contribution >= 0.6 is 0 Å². The van der Waals surface area contributed by atoms with Gasteiger partial charge < -0.3 is 4.90 Å². The second kappa shape index (κ2) is 4.26. The minimum absolute atomic E-state index is 0.800. The lowest BCUT2D eigenvalue weighted by Crippen LogP contribution is -2.11. The summed E-state index contributed by atoms with van der Waals surface area (Å²) in [5, 5.41) is 8.28. The Balaban J connectivity index is 2.35. The van der Waals surface area contributed by atoms with Crippen LogP contribution in [-0.2, 0) is 0 Å². The topological polar surface area (TPSA) is 41.9 Å². The van der Waals surface area contributed by atoms with Crippen molar-refractivity contribution in [2.45, 2.75) is 6.92 Å². The summed E-state index contributed by atoms with van der Waals surface area (Å²) in [5.74, 6) is 0.844. The minimum atomic E-state index is 0.800. The van der Waals surface area contributed by atoms with Gasteiger partial charge in [-0.1, -0.05) is 6.07 Å². The van der Waals surface area contributed by atoms with Crippen molar-refractivity contribution in [1.82, 2.24) is 15.2 Å². The molecule has 0 spiro atoms. The zero-order chi connectivity index (χ0) is 11.5. The van der Waals surface area contributed by atoms with Crippen LogP contribution < -0.4 is 4.90 Å². The summed E-state index contributed by atoms with van der Waals surface area (Å²) >= 11 is 0. The molecule has 82 valence electrons. The summed E-state index contributed by atoms with van der Waals surface area (Å²) in [6.07, 6.45) is 0. The highest BCUT2D eigenvalue weighted by molar-refractivity contribution is 5.55. The van der Waals surface area contributed by atoms with E-state index in [0.717, 1.165) is 22.9 Å². The smallest absolute Gasteiger partial charge is 0.150 e. The average Bonchev–Trinajstić information content (AvgIpc) is 2.29. The van der Waals surface area contributed by atoms with Crippen molar-refractivity contribution in [3.05, 3.63) is 36.0 Å². The molecular weight excluding hydrogens is 200 g/mol. The minimum Gasteiger partial charge on any atom is -0.361 e. The summed E-state index contributed by atoms with van der Waals surface area (Å²) in [6, 6.07) is 9.74. The van der Waals surface area contributed by atoms with E-state index in [-0.39, 0.29) is 0 Å². The van der Waals surface area contributed by atoms with Gasteiger partial charge in [-0.3, -0.25) is 4.98 Å². The van der Waals surface area contributed by atoms with Gasteiger partial charge in [-0.2, -0.15) is 0 Å². The molecule has 0 saturated carbocycles. The molecular formula is C12H14N4. The van der Waals surface area contributed by atoms with Gasteiger partial charge in [-0.05, 0) is 31.2 Å². The molecule has 2 heterocycles. The monoisotopic (exact) mass is 214 g/mol. The van der Waals surface area contributed by atoms with Gasteiger partial charge >= 0.3 is 0 Å². The quantitative estimate of drug-likeness (QED) is 0.765. The SMILES string of the molecule is Cc1cccc(-c2ccc(N(C)C)nn2)n1. The Bertz CT molecular complexity index is 477. The number of aromatic nitrogens is 3. The second-order valence-corrected chi connectivity index (χ2v) is 3.84. The molecule has 0 fully saturated rings. The molecule has 16 heavy (non-hydrogen) atoms. The Morgan fingerprint density at radius 2 is 1.75 bits per heavy atom. The molecule has 2 aromatic heterocycles. The van der Waals surface area contributed by atoms with Crippen molar-refractivity contribution >= 4 is 5.82 Å². The van der Waals surface area contributed by atoms with Crippen molar-refractivity contribution < 1.29 is 0 Å². The van der Waals surface area contributed by atoms with E-state index in [4.69, 9.17) is 0 Å². The fraction of sp³-hybridized carbons (Fsp3) is 0.250. The first-order chi connectivity index (χ1) is 7.66. The van der Waals surface area contributed by atoms with E-state index in [2.05, 4.69) is 15.2 Å². The van der Waals surface area contributed by atoms with Gasteiger partial charge in [0.1, 0.15) is 5.69 Å². The molecule has 0 aromatic carbocycles. The van der Waals surface area contributed by atoms with Crippen LogP contribution in [0.1, 0.15) is 5.69 Å². The normalized spacial score (nSPS) is 10.2. The molecule has 4 nitrogen and oxygen atoms in total. The van der Waals surface area contributed by atoms with Crippen LogP contribution in [0.3, 0.4) is 0 Å². The Labute approximate surface area is 95.0 Å². The fourth-order valence-electron chi connectivity index (χ4n) is 1.39. The Morgan fingerprint density at radius 3 is 2.31 bits per heavy atom.